The number of nitrogens with zero attached hydrogens (tertiary/aromatic N) is 1. The molecule has 2 heteroatoms. The van der Waals surface area contributed by atoms with Gasteiger partial charge in [-0.05, 0) is 24.8 Å². The van der Waals surface area contributed by atoms with Crippen molar-refractivity contribution in [3.05, 3.63) is 41.5 Å². The summed E-state index contributed by atoms with van der Waals surface area (Å²) in [6, 6.07) is 11.2. The van der Waals surface area contributed by atoms with E-state index in [0.717, 1.165) is 13.1 Å². The maximum atomic E-state index is 9.46. The summed E-state index contributed by atoms with van der Waals surface area (Å²) in [6.45, 7) is 1.72. The molecule has 2 fully saturated rings. The molecule has 1 aliphatic heterocycles. The van der Waals surface area contributed by atoms with Crippen molar-refractivity contribution in [1.29, 1.82) is 0 Å². The Balaban J connectivity index is 1.77. The molecule has 1 heterocycles. The van der Waals surface area contributed by atoms with Crippen LogP contribution in [0, 0.1) is 0 Å². The van der Waals surface area contributed by atoms with Crippen molar-refractivity contribution in [2.75, 3.05) is 13.1 Å². The van der Waals surface area contributed by atoms with Gasteiger partial charge in [0.2, 0.25) is 0 Å². The monoisotopic (exact) mass is 243 g/mol. The minimum atomic E-state index is -0.0927. The van der Waals surface area contributed by atoms with E-state index in [1.807, 2.05) is 0 Å². The molecule has 0 spiro atoms. The summed E-state index contributed by atoms with van der Waals surface area (Å²) < 4.78 is 0. The average molecular weight is 243 g/mol. The Labute approximate surface area is 109 Å². The smallest absolute Gasteiger partial charge is 0.0794 e. The van der Waals surface area contributed by atoms with Gasteiger partial charge in [0.25, 0.3) is 0 Å². The van der Waals surface area contributed by atoms with Crippen molar-refractivity contribution in [2.24, 2.45) is 0 Å². The quantitative estimate of drug-likeness (QED) is 0.863. The normalized spacial score (nSPS) is 28.3. The molecule has 1 saturated heterocycles. The van der Waals surface area contributed by atoms with Crippen LogP contribution in [0.2, 0.25) is 0 Å². The number of hydrogen-bond donors (Lipinski definition) is 1. The van der Waals surface area contributed by atoms with Gasteiger partial charge in [-0.25, -0.2) is 0 Å². The molecule has 2 aliphatic rings. The first-order valence-corrected chi connectivity index (χ1v) is 7.00. The highest BCUT2D eigenvalue weighted by Gasteiger charge is 2.33. The van der Waals surface area contributed by atoms with Gasteiger partial charge in [-0.2, -0.15) is 0 Å². The Hall–Kier alpha value is -1.12. The first kappa shape index (κ1) is 11.9. The van der Waals surface area contributed by atoms with Crippen molar-refractivity contribution in [1.82, 2.24) is 4.90 Å². The zero-order valence-corrected chi connectivity index (χ0v) is 10.8. The number of aliphatic hydroxyl groups is 1. The number of rotatable bonds is 2. The lowest BCUT2D eigenvalue weighted by molar-refractivity contribution is -0.0209. The molecule has 1 unspecified atom stereocenters. The van der Waals surface area contributed by atoms with Crippen LogP contribution in [-0.4, -0.2) is 35.2 Å². The summed E-state index contributed by atoms with van der Waals surface area (Å²) in [6.07, 6.45) is 7.37. The molecule has 96 valence electrons. The van der Waals surface area contributed by atoms with Crippen molar-refractivity contribution >= 4 is 6.08 Å². The van der Waals surface area contributed by atoms with E-state index in [-0.39, 0.29) is 6.10 Å². The van der Waals surface area contributed by atoms with Crippen molar-refractivity contribution in [2.45, 2.75) is 37.8 Å². The van der Waals surface area contributed by atoms with Crippen LogP contribution in [0.1, 0.15) is 31.2 Å². The molecule has 1 aromatic carbocycles. The largest absolute Gasteiger partial charge is 0.390 e. The summed E-state index contributed by atoms with van der Waals surface area (Å²) in [4.78, 5) is 2.43. The molecule has 1 N–H and O–H groups in total. The second-order valence-electron chi connectivity index (χ2n) is 5.50. The van der Waals surface area contributed by atoms with Crippen molar-refractivity contribution in [3.63, 3.8) is 0 Å². The Morgan fingerprint density at radius 2 is 1.89 bits per heavy atom. The number of likely N-dealkylation sites (tertiary alicyclic amines) is 1. The molecule has 3 rings (SSSR count). The van der Waals surface area contributed by atoms with Crippen LogP contribution < -0.4 is 0 Å². The molecule has 0 bridgehead atoms. The minimum Gasteiger partial charge on any atom is -0.390 e. The molecular weight excluding hydrogens is 222 g/mol. The fourth-order valence-electron chi connectivity index (χ4n) is 3.11. The molecule has 0 aromatic heterocycles. The molecule has 1 aromatic rings. The third kappa shape index (κ3) is 2.50. The van der Waals surface area contributed by atoms with E-state index < -0.39 is 0 Å². The molecule has 1 atom stereocenters. The maximum absolute atomic E-state index is 9.46. The van der Waals surface area contributed by atoms with Crippen LogP contribution in [0.25, 0.3) is 6.08 Å². The summed E-state index contributed by atoms with van der Waals surface area (Å²) in [5.74, 6) is 0. The summed E-state index contributed by atoms with van der Waals surface area (Å²) in [5.41, 5.74) is 2.86. The summed E-state index contributed by atoms with van der Waals surface area (Å²) >= 11 is 0. The predicted molar refractivity (Wildman–Crippen MR) is 74.3 cm³/mol. The van der Waals surface area contributed by atoms with Gasteiger partial charge in [0, 0.05) is 19.1 Å². The number of hydrogen-bond acceptors (Lipinski definition) is 2. The Morgan fingerprint density at radius 3 is 2.61 bits per heavy atom. The second kappa shape index (κ2) is 5.25. The van der Waals surface area contributed by atoms with Crippen LogP contribution in [0.5, 0.6) is 0 Å². The summed E-state index contributed by atoms with van der Waals surface area (Å²) in [5, 5.41) is 9.46. The van der Waals surface area contributed by atoms with E-state index in [0.29, 0.717) is 6.04 Å². The van der Waals surface area contributed by atoms with Crippen LogP contribution in [0.3, 0.4) is 0 Å². The Kier molecular flexibility index (Phi) is 3.48. The van der Waals surface area contributed by atoms with E-state index in [2.05, 4.69) is 41.3 Å². The molecule has 1 aliphatic carbocycles. The third-order valence-electron chi connectivity index (χ3n) is 4.10. The fourth-order valence-corrected chi connectivity index (χ4v) is 3.11. The van der Waals surface area contributed by atoms with Gasteiger partial charge >= 0.3 is 0 Å². The zero-order valence-electron chi connectivity index (χ0n) is 10.8. The van der Waals surface area contributed by atoms with E-state index >= 15 is 0 Å². The standard InChI is InChI=1S/C16H21NO/c18-15-11-17(12-15)16-9-5-4-8-14(16)10-13-6-2-1-3-7-13/h1-3,6-7,10,15-16,18H,4-5,8-9,11-12H2. The number of β-amino-alcohol motifs (C(OH)–C–C–N with tert-alkyl or cyclic N) is 1. The lowest BCUT2D eigenvalue weighted by Gasteiger charge is -2.44. The molecule has 18 heavy (non-hydrogen) atoms. The fraction of sp³-hybridized carbons (Fsp3) is 0.500. The van der Waals surface area contributed by atoms with Gasteiger partial charge < -0.3 is 5.11 Å². The highest BCUT2D eigenvalue weighted by Crippen LogP contribution is 2.31. The highest BCUT2D eigenvalue weighted by molar-refractivity contribution is 5.54. The SMILES string of the molecule is OC1CN(C2CCCCC2=Cc2ccccc2)C1. The predicted octanol–water partition coefficient (Wildman–Crippen LogP) is 2.69. The second-order valence-corrected chi connectivity index (χ2v) is 5.50. The van der Waals surface area contributed by atoms with Crippen LogP contribution in [0.15, 0.2) is 35.9 Å². The van der Waals surface area contributed by atoms with Gasteiger partial charge in [-0.3, -0.25) is 4.90 Å². The minimum absolute atomic E-state index is 0.0927. The number of aliphatic hydroxyl groups excluding tert-OH is 1. The average Bonchev–Trinajstić information content (AvgIpc) is 2.37. The van der Waals surface area contributed by atoms with Gasteiger partial charge in [-0.1, -0.05) is 48.4 Å². The molecular formula is C16H21NO. The van der Waals surface area contributed by atoms with E-state index in [4.69, 9.17) is 0 Å². The van der Waals surface area contributed by atoms with Crippen molar-refractivity contribution < 1.29 is 5.11 Å². The molecule has 0 amide bonds. The van der Waals surface area contributed by atoms with E-state index in [1.54, 1.807) is 5.57 Å². The first-order valence-electron chi connectivity index (χ1n) is 7.00. The van der Waals surface area contributed by atoms with Gasteiger partial charge in [-0.15, -0.1) is 0 Å². The summed E-state index contributed by atoms with van der Waals surface area (Å²) in [7, 11) is 0. The van der Waals surface area contributed by atoms with Crippen LogP contribution in [0.4, 0.5) is 0 Å². The topological polar surface area (TPSA) is 23.5 Å². The molecule has 1 saturated carbocycles. The van der Waals surface area contributed by atoms with Gasteiger partial charge in [0.1, 0.15) is 0 Å². The lowest BCUT2D eigenvalue weighted by Crippen LogP contribution is -2.56. The number of benzene rings is 1. The van der Waals surface area contributed by atoms with E-state index in [9.17, 15) is 5.11 Å². The van der Waals surface area contributed by atoms with Crippen molar-refractivity contribution in [3.8, 4) is 0 Å². The molecule has 2 nitrogen and oxygen atoms in total. The van der Waals surface area contributed by atoms with E-state index in [1.165, 1.54) is 31.2 Å². The molecule has 0 radical (unpaired) electrons. The zero-order chi connectivity index (χ0) is 12.4. The third-order valence-corrected chi connectivity index (χ3v) is 4.10. The first-order chi connectivity index (χ1) is 8.83. The van der Waals surface area contributed by atoms with Crippen LogP contribution >= 0.6 is 0 Å². The Morgan fingerprint density at radius 1 is 1.11 bits per heavy atom. The van der Waals surface area contributed by atoms with Gasteiger partial charge in [0.05, 0.1) is 6.10 Å². The highest BCUT2D eigenvalue weighted by atomic mass is 16.3. The maximum Gasteiger partial charge on any atom is 0.0794 e. The van der Waals surface area contributed by atoms with Gasteiger partial charge in [0.15, 0.2) is 0 Å². The Bertz CT molecular complexity index is 420. The van der Waals surface area contributed by atoms with Crippen LogP contribution in [-0.2, 0) is 0 Å². The lowest BCUT2D eigenvalue weighted by atomic mass is 9.86.